The van der Waals surface area contributed by atoms with Gasteiger partial charge < -0.3 is 15.5 Å². The van der Waals surface area contributed by atoms with Crippen molar-refractivity contribution < 1.29 is 4.84 Å². The maximum Gasteiger partial charge on any atom is 0.114 e. The Morgan fingerprint density at radius 1 is 1.75 bits per heavy atom. The van der Waals surface area contributed by atoms with Gasteiger partial charge in [0.05, 0.1) is 11.8 Å². The van der Waals surface area contributed by atoms with Gasteiger partial charge in [0, 0.05) is 19.5 Å². The zero-order valence-electron chi connectivity index (χ0n) is 7.76. The molecule has 1 fully saturated rings. The molecule has 1 aliphatic rings. The third-order valence-electron chi connectivity index (χ3n) is 1.97. The number of likely N-dealkylation sites (N-methyl/N-ethyl adjacent to an activating group) is 1. The van der Waals surface area contributed by atoms with E-state index in [0.29, 0.717) is 12.6 Å². The van der Waals surface area contributed by atoms with Gasteiger partial charge in [-0.1, -0.05) is 5.16 Å². The van der Waals surface area contributed by atoms with Gasteiger partial charge in [-0.3, -0.25) is 0 Å². The summed E-state index contributed by atoms with van der Waals surface area (Å²) in [4.78, 5) is 5.03. The third-order valence-corrected chi connectivity index (χ3v) is 1.97. The summed E-state index contributed by atoms with van der Waals surface area (Å²) in [6.07, 6.45) is 0.978. The summed E-state index contributed by atoms with van der Waals surface area (Å²) in [5, 5.41) is 10.6. The number of hydrogen-bond donors (Lipinski definition) is 2. The Morgan fingerprint density at radius 2 is 2.58 bits per heavy atom. The molecule has 0 bridgehead atoms. The van der Waals surface area contributed by atoms with Crippen LogP contribution in [0.5, 0.6) is 0 Å². The van der Waals surface area contributed by atoms with Crippen molar-refractivity contribution in [3.63, 3.8) is 0 Å². The van der Waals surface area contributed by atoms with Gasteiger partial charge in [0.2, 0.25) is 0 Å². The van der Waals surface area contributed by atoms with E-state index in [2.05, 4.69) is 15.8 Å². The van der Waals surface area contributed by atoms with Crippen LogP contribution in [0.4, 0.5) is 0 Å². The van der Waals surface area contributed by atoms with Crippen LogP contribution in [-0.4, -0.2) is 38.5 Å². The lowest BCUT2D eigenvalue weighted by atomic mass is 10.1. The molecule has 1 atom stereocenters. The molecule has 0 saturated carbocycles. The van der Waals surface area contributed by atoms with E-state index in [-0.39, 0.29) is 0 Å². The van der Waals surface area contributed by atoms with E-state index in [9.17, 15) is 0 Å². The van der Waals surface area contributed by atoms with Crippen LogP contribution in [0.2, 0.25) is 0 Å². The molecular weight excluding hydrogens is 154 g/mol. The summed E-state index contributed by atoms with van der Waals surface area (Å²) in [5.41, 5.74) is 1.12. The van der Waals surface area contributed by atoms with E-state index in [4.69, 9.17) is 4.84 Å². The van der Waals surface area contributed by atoms with Crippen molar-refractivity contribution in [1.82, 2.24) is 10.6 Å². The summed E-state index contributed by atoms with van der Waals surface area (Å²) >= 11 is 0. The highest BCUT2D eigenvalue weighted by Crippen LogP contribution is 1.99. The predicted octanol–water partition coefficient (Wildman–Crippen LogP) is -0.0398. The van der Waals surface area contributed by atoms with Crippen molar-refractivity contribution in [2.45, 2.75) is 19.4 Å². The van der Waals surface area contributed by atoms with Crippen molar-refractivity contribution in [1.29, 1.82) is 0 Å². The number of nitrogens with zero attached hydrogens (tertiary/aromatic N) is 1. The summed E-state index contributed by atoms with van der Waals surface area (Å²) in [6, 6.07) is 0.338. The molecular formula is C8H17N3O. The van der Waals surface area contributed by atoms with Gasteiger partial charge in [0.25, 0.3) is 0 Å². The van der Waals surface area contributed by atoms with Crippen molar-refractivity contribution in [3.8, 4) is 0 Å². The van der Waals surface area contributed by atoms with E-state index in [1.165, 1.54) is 0 Å². The molecule has 1 saturated heterocycles. The Kier molecular flexibility index (Phi) is 4.04. The fourth-order valence-electron chi connectivity index (χ4n) is 1.28. The summed E-state index contributed by atoms with van der Waals surface area (Å²) in [6.45, 7) is 4.54. The normalized spacial score (nSPS) is 27.5. The van der Waals surface area contributed by atoms with Crippen LogP contribution in [0.25, 0.3) is 0 Å². The molecule has 2 N–H and O–H groups in total. The minimum Gasteiger partial charge on any atom is -0.396 e. The molecule has 0 amide bonds. The molecule has 4 nitrogen and oxygen atoms in total. The molecule has 1 unspecified atom stereocenters. The standard InChI is InChI=1S/C8H17N3O/c1-3-12-11-7-4-5-10-6-8(7)9-2/h8-10H,3-6H2,1-2H3/b11-7+. The first-order chi connectivity index (χ1) is 5.88. The van der Waals surface area contributed by atoms with Crippen LogP contribution in [-0.2, 0) is 4.84 Å². The number of hydrogen-bond acceptors (Lipinski definition) is 4. The van der Waals surface area contributed by atoms with Gasteiger partial charge in [0.1, 0.15) is 6.61 Å². The molecule has 1 heterocycles. The number of rotatable bonds is 3. The fraction of sp³-hybridized carbons (Fsp3) is 0.875. The molecule has 0 aromatic carbocycles. The molecule has 1 rings (SSSR count). The lowest BCUT2D eigenvalue weighted by molar-refractivity contribution is 0.156. The van der Waals surface area contributed by atoms with Gasteiger partial charge in [-0.2, -0.15) is 0 Å². The molecule has 70 valence electrons. The molecule has 12 heavy (non-hydrogen) atoms. The molecule has 0 aromatic heterocycles. The third kappa shape index (κ3) is 2.46. The second kappa shape index (κ2) is 5.11. The van der Waals surface area contributed by atoms with Gasteiger partial charge in [-0.25, -0.2) is 0 Å². The van der Waals surface area contributed by atoms with Crippen LogP contribution in [0.3, 0.4) is 0 Å². The Hall–Kier alpha value is -0.610. The van der Waals surface area contributed by atoms with Gasteiger partial charge >= 0.3 is 0 Å². The Balaban J connectivity index is 2.46. The molecule has 4 heteroatoms. The zero-order chi connectivity index (χ0) is 8.81. The number of nitrogens with one attached hydrogen (secondary N) is 2. The highest BCUT2D eigenvalue weighted by Gasteiger charge is 2.18. The van der Waals surface area contributed by atoms with Crippen molar-refractivity contribution in [3.05, 3.63) is 0 Å². The van der Waals surface area contributed by atoms with Crippen LogP contribution in [0.1, 0.15) is 13.3 Å². The molecule has 0 aromatic rings. The van der Waals surface area contributed by atoms with Gasteiger partial charge in [0.15, 0.2) is 0 Å². The average molecular weight is 171 g/mol. The monoisotopic (exact) mass is 171 g/mol. The number of piperidine rings is 1. The first-order valence-electron chi connectivity index (χ1n) is 4.45. The maximum absolute atomic E-state index is 5.03. The van der Waals surface area contributed by atoms with E-state index in [1.807, 2.05) is 14.0 Å². The topological polar surface area (TPSA) is 45.6 Å². The highest BCUT2D eigenvalue weighted by atomic mass is 16.6. The Morgan fingerprint density at radius 3 is 3.25 bits per heavy atom. The smallest absolute Gasteiger partial charge is 0.114 e. The zero-order valence-corrected chi connectivity index (χ0v) is 7.76. The van der Waals surface area contributed by atoms with Crippen molar-refractivity contribution in [2.24, 2.45) is 5.16 Å². The number of oxime groups is 1. The van der Waals surface area contributed by atoms with E-state index >= 15 is 0 Å². The molecule has 0 spiro atoms. The van der Waals surface area contributed by atoms with E-state index in [0.717, 1.165) is 25.2 Å². The Bertz CT molecular complexity index is 158. The summed E-state index contributed by atoms with van der Waals surface area (Å²) in [5.74, 6) is 0. The quantitative estimate of drug-likeness (QED) is 0.586. The van der Waals surface area contributed by atoms with Gasteiger partial charge in [-0.15, -0.1) is 0 Å². The minimum atomic E-state index is 0.338. The van der Waals surface area contributed by atoms with Crippen LogP contribution < -0.4 is 10.6 Å². The molecule has 1 aliphatic heterocycles. The predicted molar refractivity (Wildman–Crippen MR) is 49.4 cm³/mol. The second-order valence-corrected chi connectivity index (χ2v) is 2.80. The summed E-state index contributed by atoms with van der Waals surface area (Å²) in [7, 11) is 1.94. The highest BCUT2D eigenvalue weighted by molar-refractivity contribution is 5.90. The van der Waals surface area contributed by atoms with E-state index in [1.54, 1.807) is 0 Å². The van der Waals surface area contributed by atoms with Crippen molar-refractivity contribution in [2.75, 3.05) is 26.7 Å². The first-order valence-corrected chi connectivity index (χ1v) is 4.45. The molecule has 0 radical (unpaired) electrons. The maximum atomic E-state index is 5.03. The largest absolute Gasteiger partial charge is 0.396 e. The fourth-order valence-corrected chi connectivity index (χ4v) is 1.28. The van der Waals surface area contributed by atoms with Gasteiger partial charge in [-0.05, 0) is 14.0 Å². The Labute approximate surface area is 73.4 Å². The first kappa shape index (κ1) is 9.48. The second-order valence-electron chi connectivity index (χ2n) is 2.80. The SMILES string of the molecule is CCO/N=C1\CCNCC1NC. The molecule has 0 aliphatic carbocycles. The summed E-state index contributed by atoms with van der Waals surface area (Å²) < 4.78 is 0. The van der Waals surface area contributed by atoms with Crippen LogP contribution in [0.15, 0.2) is 5.16 Å². The lowest BCUT2D eigenvalue weighted by Crippen LogP contribution is -2.48. The average Bonchev–Trinajstić information content (AvgIpc) is 2.15. The van der Waals surface area contributed by atoms with Crippen LogP contribution >= 0.6 is 0 Å². The minimum absolute atomic E-state index is 0.338. The van der Waals surface area contributed by atoms with E-state index < -0.39 is 0 Å². The lowest BCUT2D eigenvalue weighted by Gasteiger charge is -2.23. The van der Waals surface area contributed by atoms with Crippen molar-refractivity contribution >= 4 is 5.71 Å². The van der Waals surface area contributed by atoms with Crippen LogP contribution in [0, 0.1) is 0 Å².